The number of azo groups is 1. The molecule has 2 rings (SSSR count). The third kappa shape index (κ3) is 5.77. The minimum absolute atomic E-state index is 0.0150. The van der Waals surface area contributed by atoms with Gasteiger partial charge < -0.3 is 14.0 Å². The molecule has 0 aliphatic rings. The number of nitrogens with zero attached hydrogens (tertiary/aromatic N) is 7. The summed E-state index contributed by atoms with van der Waals surface area (Å²) in [6.07, 6.45) is 1.41. The Morgan fingerprint density at radius 1 is 1.37 bits per heavy atom. The average molecular weight is 398 g/mol. The lowest BCUT2D eigenvalue weighted by atomic mass is 10.2. The summed E-state index contributed by atoms with van der Waals surface area (Å²) in [7, 11) is -3.15. The molecule has 0 N–H and O–H groups in total. The summed E-state index contributed by atoms with van der Waals surface area (Å²) in [5.74, 6) is 0.180. The van der Waals surface area contributed by atoms with Gasteiger partial charge in [0, 0.05) is 31.9 Å². The summed E-state index contributed by atoms with van der Waals surface area (Å²) in [6, 6.07) is 4.24. The molecule has 0 unspecified atom stereocenters. The van der Waals surface area contributed by atoms with E-state index in [-0.39, 0.29) is 30.5 Å². The van der Waals surface area contributed by atoms with E-state index in [1.807, 2.05) is 0 Å². The highest BCUT2D eigenvalue weighted by atomic mass is 32.3. The van der Waals surface area contributed by atoms with Crippen molar-refractivity contribution >= 4 is 33.4 Å². The maximum absolute atomic E-state index is 11.4. The predicted molar refractivity (Wildman–Crippen MR) is 91.8 cm³/mol. The van der Waals surface area contributed by atoms with Crippen molar-refractivity contribution in [2.45, 2.75) is 6.92 Å². The van der Waals surface area contributed by atoms with Crippen LogP contribution in [0.5, 0.6) is 0 Å². The van der Waals surface area contributed by atoms with Crippen LogP contribution in [0.2, 0.25) is 0 Å². The van der Waals surface area contributed by atoms with Crippen LogP contribution in [-0.4, -0.2) is 52.4 Å². The zero-order valence-electron chi connectivity index (χ0n) is 14.4. The lowest BCUT2D eigenvalue weighted by Crippen LogP contribution is -2.28. The number of anilines is 1. The van der Waals surface area contributed by atoms with Gasteiger partial charge in [0.25, 0.3) is 11.6 Å². The maximum atomic E-state index is 11.4. The van der Waals surface area contributed by atoms with Gasteiger partial charge in [-0.25, -0.2) is 8.42 Å². The van der Waals surface area contributed by atoms with Gasteiger partial charge in [0.15, 0.2) is 5.69 Å². The Balaban J connectivity index is 2.24. The summed E-state index contributed by atoms with van der Waals surface area (Å²) in [5, 5.41) is 26.4. The zero-order valence-corrected chi connectivity index (χ0v) is 15.2. The van der Waals surface area contributed by atoms with E-state index in [1.165, 1.54) is 23.0 Å². The van der Waals surface area contributed by atoms with Gasteiger partial charge in [-0.2, -0.15) is 0 Å². The Morgan fingerprint density at radius 2 is 2.11 bits per heavy atom. The zero-order chi connectivity index (χ0) is 20.0. The molecule has 1 aromatic heterocycles. The summed E-state index contributed by atoms with van der Waals surface area (Å²) < 4.78 is 37.2. The Bertz CT molecular complexity index is 942. The Morgan fingerprint density at radius 3 is 2.67 bits per heavy atom. The van der Waals surface area contributed by atoms with E-state index < -0.39 is 15.3 Å². The molecule has 0 amide bonds. The van der Waals surface area contributed by atoms with Crippen LogP contribution in [0.15, 0.2) is 34.8 Å². The van der Waals surface area contributed by atoms with Crippen LogP contribution in [0.25, 0.3) is 0 Å². The second-order valence-electron chi connectivity index (χ2n) is 5.18. The maximum Gasteiger partial charge on any atom is 0.298 e. The topological polar surface area (TPSA) is 168 Å². The van der Waals surface area contributed by atoms with Gasteiger partial charge in [-0.15, -0.1) is 20.4 Å². The van der Waals surface area contributed by atoms with Gasteiger partial charge in [0.2, 0.25) is 10.4 Å². The van der Waals surface area contributed by atoms with Crippen molar-refractivity contribution in [1.82, 2.24) is 14.8 Å². The first-order valence-electron chi connectivity index (χ1n) is 7.60. The molecule has 0 bridgehead atoms. The molecule has 146 valence electrons. The standard InChI is InChI=1S/C13H17N7O6S/c1-3-19(6-7-26-27(23,24)25)10-4-5-11(12(8-10)20(21)22)15-17-13-16-14-9-18(13)2/h4-5,8-9H,3,6-7H2,1-2H3,(H,23,24,25)/p-1. The molecule has 0 radical (unpaired) electrons. The third-order valence-corrected chi connectivity index (χ3v) is 3.88. The van der Waals surface area contributed by atoms with E-state index in [4.69, 9.17) is 0 Å². The largest absolute Gasteiger partial charge is 0.726 e. The molecule has 14 heteroatoms. The fourth-order valence-corrected chi connectivity index (χ4v) is 2.40. The number of rotatable bonds is 9. The van der Waals surface area contributed by atoms with Crippen LogP contribution < -0.4 is 4.90 Å². The number of nitro groups is 1. The highest BCUT2D eigenvalue weighted by Gasteiger charge is 2.17. The lowest BCUT2D eigenvalue weighted by Gasteiger charge is -2.23. The monoisotopic (exact) mass is 398 g/mol. The lowest BCUT2D eigenvalue weighted by molar-refractivity contribution is -0.384. The van der Waals surface area contributed by atoms with Gasteiger partial charge in [-0.1, -0.05) is 0 Å². The number of nitro benzene ring substituents is 1. The molecule has 0 atom stereocenters. The molecule has 13 nitrogen and oxygen atoms in total. The highest BCUT2D eigenvalue weighted by molar-refractivity contribution is 7.80. The van der Waals surface area contributed by atoms with Gasteiger partial charge in [-0.3, -0.25) is 14.3 Å². The Labute approximate surface area is 154 Å². The second-order valence-corrected chi connectivity index (χ2v) is 6.23. The average Bonchev–Trinajstić information content (AvgIpc) is 3.01. The minimum Gasteiger partial charge on any atom is -0.726 e. The molecule has 0 fully saturated rings. The van der Waals surface area contributed by atoms with Crippen molar-refractivity contribution in [1.29, 1.82) is 0 Å². The molecule has 2 aromatic rings. The van der Waals surface area contributed by atoms with Crippen LogP contribution >= 0.6 is 0 Å². The van der Waals surface area contributed by atoms with Crippen molar-refractivity contribution in [3.05, 3.63) is 34.6 Å². The van der Waals surface area contributed by atoms with E-state index in [0.29, 0.717) is 12.2 Å². The molecule has 1 aromatic carbocycles. The number of aryl methyl sites for hydroxylation is 1. The van der Waals surface area contributed by atoms with E-state index in [1.54, 1.807) is 24.9 Å². The van der Waals surface area contributed by atoms with E-state index in [2.05, 4.69) is 24.6 Å². The predicted octanol–water partition coefficient (Wildman–Crippen LogP) is 1.44. The minimum atomic E-state index is -4.80. The van der Waals surface area contributed by atoms with Gasteiger partial charge >= 0.3 is 0 Å². The smallest absolute Gasteiger partial charge is 0.298 e. The first kappa shape index (κ1) is 20.3. The number of likely N-dealkylation sites (N-methyl/N-ethyl adjacent to an activating group) is 1. The van der Waals surface area contributed by atoms with E-state index >= 15 is 0 Å². The van der Waals surface area contributed by atoms with Crippen molar-refractivity contribution in [3.63, 3.8) is 0 Å². The molecule has 27 heavy (non-hydrogen) atoms. The van der Waals surface area contributed by atoms with Crippen LogP contribution in [0.1, 0.15) is 6.92 Å². The molecule has 0 aliphatic carbocycles. The highest BCUT2D eigenvalue weighted by Crippen LogP contribution is 2.32. The Kier molecular flexibility index (Phi) is 6.49. The van der Waals surface area contributed by atoms with Crippen molar-refractivity contribution < 1.29 is 22.1 Å². The van der Waals surface area contributed by atoms with Gasteiger partial charge in [0.05, 0.1) is 11.5 Å². The number of aromatic nitrogens is 3. The summed E-state index contributed by atoms with van der Waals surface area (Å²) in [4.78, 5) is 12.4. The number of hydrogen-bond donors (Lipinski definition) is 0. The van der Waals surface area contributed by atoms with Crippen molar-refractivity contribution in [3.8, 4) is 0 Å². The van der Waals surface area contributed by atoms with E-state index in [9.17, 15) is 23.1 Å². The quantitative estimate of drug-likeness (QED) is 0.199. The fourth-order valence-electron chi connectivity index (χ4n) is 2.12. The normalized spacial score (nSPS) is 11.8. The molecule has 1 heterocycles. The third-order valence-electron chi connectivity index (χ3n) is 3.43. The fraction of sp³-hybridized carbons (Fsp3) is 0.385. The summed E-state index contributed by atoms with van der Waals surface area (Å²) >= 11 is 0. The first-order valence-corrected chi connectivity index (χ1v) is 8.94. The van der Waals surface area contributed by atoms with Crippen molar-refractivity contribution in [2.75, 3.05) is 24.6 Å². The second kappa shape index (κ2) is 8.61. The molecule has 0 spiro atoms. The summed E-state index contributed by atoms with van der Waals surface area (Å²) in [6.45, 7) is 1.84. The molecular weight excluding hydrogens is 382 g/mol. The first-order chi connectivity index (χ1) is 12.7. The van der Waals surface area contributed by atoms with Crippen LogP contribution in [-0.2, 0) is 21.6 Å². The van der Waals surface area contributed by atoms with Crippen molar-refractivity contribution in [2.24, 2.45) is 17.3 Å². The van der Waals surface area contributed by atoms with Crippen LogP contribution in [0, 0.1) is 10.1 Å². The summed E-state index contributed by atoms with van der Waals surface area (Å²) in [5.41, 5.74) is 0.157. The van der Waals surface area contributed by atoms with Gasteiger partial charge in [-0.05, 0) is 19.1 Å². The van der Waals surface area contributed by atoms with Gasteiger partial charge in [0.1, 0.15) is 6.33 Å². The molecule has 0 saturated carbocycles. The molecule has 0 aliphatic heterocycles. The number of benzene rings is 1. The SMILES string of the molecule is CCN(CCOS(=O)(=O)[O-])c1ccc(N=Nc2nncn2C)c([N+](=O)[O-])c1. The van der Waals surface area contributed by atoms with Crippen LogP contribution in [0.3, 0.4) is 0 Å². The molecular formula is C13H16N7O6S-. The number of hydrogen-bond acceptors (Lipinski definition) is 11. The molecule has 0 saturated heterocycles. The van der Waals surface area contributed by atoms with E-state index in [0.717, 1.165) is 0 Å². The van der Waals surface area contributed by atoms with Crippen LogP contribution in [0.4, 0.5) is 23.0 Å². The Hall–Kier alpha value is -2.97.